The zero-order chi connectivity index (χ0) is 13.1. The fourth-order valence-electron chi connectivity index (χ4n) is 2.68. The number of hydrogen-bond acceptors (Lipinski definition) is 3. The van der Waals surface area contributed by atoms with Crippen molar-refractivity contribution >= 4 is 0 Å². The molecule has 1 heterocycles. The highest BCUT2D eigenvalue weighted by molar-refractivity contribution is 5.21. The molecule has 1 aliphatic rings. The van der Waals surface area contributed by atoms with E-state index in [1.54, 1.807) is 12.1 Å². The maximum Gasteiger partial charge on any atom is 0.123 e. The summed E-state index contributed by atoms with van der Waals surface area (Å²) in [4.78, 5) is 2.29. The molecule has 0 aromatic heterocycles. The first-order valence-electron chi connectivity index (χ1n) is 6.45. The van der Waals surface area contributed by atoms with Crippen LogP contribution < -0.4 is 5.73 Å². The Hall–Kier alpha value is -0.970. The molecule has 100 valence electrons. The summed E-state index contributed by atoms with van der Waals surface area (Å²) in [5, 5.41) is 0. The first-order chi connectivity index (χ1) is 8.60. The molecule has 0 spiro atoms. The predicted molar refractivity (Wildman–Crippen MR) is 69.8 cm³/mol. The number of ether oxygens (including phenoxy) is 1. The number of morpholine rings is 1. The summed E-state index contributed by atoms with van der Waals surface area (Å²) in [6, 6.07) is 6.77. The van der Waals surface area contributed by atoms with Crippen LogP contribution in [0.15, 0.2) is 24.3 Å². The maximum absolute atomic E-state index is 13.3. The minimum atomic E-state index is -0.208. The second kappa shape index (κ2) is 5.78. The van der Waals surface area contributed by atoms with E-state index in [2.05, 4.69) is 18.7 Å². The van der Waals surface area contributed by atoms with Crippen LogP contribution in [0.25, 0.3) is 0 Å². The van der Waals surface area contributed by atoms with Gasteiger partial charge in [0.05, 0.1) is 12.2 Å². The number of nitrogens with zero attached hydrogens (tertiary/aromatic N) is 1. The van der Waals surface area contributed by atoms with Crippen molar-refractivity contribution in [3.8, 4) is 0 Å². The molecule has 1 aliphatic heterocycles. The number of halogens is 1. The van der Waals surface area contributed by atoms with Crippen LogP contribution in [0.3, 0.4) is 0 Å². The van der Waals surface area contributed by atoms with Crippen molar-refractivity contribution in [1.29, 1.82) is 0 Å². The molecule has 0 aliphatic carbocycles. The van der Waals surface area contributed by atoms with E-state index in [0.717, 1.165) is 18.7 Å². The van der Waals surface area contributed by atoms with Crippen molar-refractivity contribution in [3.05, 3.63) is 35.6 Å². The van der Waals surface area contributed by atoms with Crippen molar-refractivity contribution in [2.24, 2.45) is 5.73 Å². The van der Waals surface area contributed by atoms with Crippen LogP contribution in [0.5, 0.6) is 0 Å². The molecule has 1 aromatic rings. The monoisotopic (exact) mass is 252 g/mol. The molecule has 18 heavy (non-hydrogen) atoms. The highest BCUT2D eigenvalue weighted by atomic mass is 19.1. The zero-order valence-corrected chi connectivity index (χ0v) is 11.0. The van der Waals surface area contributed by atoms with E-state index < -0.39 is 0 Å². The zero-order valence-electron chi connectivity index (χ0n) is 11.0. The van der Waals surface area contributed by atoms with Crippen LogP contribution >= 0.6 is 0 Å². The minimum absolute atomic E-state index is 0.0644. The fourth-order valence-corrected chi connectivity index (χ4v) is 2.68. The number of hydrogen-bond donors (Lipinski definition) is 1. The molecule has 4 heteroatoms. The summed E-state index contributed by atoms with van der Waals surface area (Å²) < 4.78 is 19.0. The normalized spacial score (nSPS) is 27.1. The molecule has 0 amide bonds. The summed E-state index contributed by atoms with van der Waals surface area (Å²) in [7, 11) is 0. The van der Waals surface area contributed by atoms with Crippen molar-refractivity contribution in [3.63, 3.8) is 0 Å². The lowest BCUT2D eigenvalue weighted by molar-refractivity contribution is -0.0799. The van der Waals surface area contributed by atoms with Gasteiger partial charge in [-0.2, -0.15) is 0 Å². The number of nitrogens with two attached hydrogens (primary N) is 1. The highest BCUT2D eigenvalue weighted by Crippen LogP contribution is 2.24. The van der Waals surface area contributed by atoms with E-state index in [-0.39, 0.29) is 24.1 Å². The standard InChI is InChI=1S/C14H21FN2O/c1-10-8-17(9-11(2)18-10)14(7-16)12-4-3-5-13(15)6-12/h3-6,10-11,14H,7-9,16H2,1-2H3/t10-,11+,14?. The van der Waals surface area contributed by atoms with E-state index in [4.69, 9.17) is 10.5 Å². The molecule has 0 saturated carbocycles. The molecule has 3 atom stereocenters. The minimum Gasteiger partial charge on any atom is -0.373 e. The Labute approximate surface area is 108 Å². The molecule has 2 rings (SSSR count). The lowest BCUT2D eigenvalue weighted by Crippen LogP contribution is -2.48. The van der Waals surface area contributed by atoms with Gasteiger partial charge in [0.25, 0.3) is 0 Å². The first kappa shape index (κ1) is 13.5. The van der Waals surface area contributed by atoms with Gasteiger partial charge in [0.1, 0.15) is 5.82 Å². The Morgan fingerprint density at radius 3 is 2.61 bits per heavy atom. The van der Waals surface area contributed by atoms with Crippen LogP contribution in [0.1, 0.15) is 25.5 Å². The Morgan fingerprint density at radius 2 is 2.06 bits per heavy atom. The summed E-state index contributed by atoms with van der Waals surface area (Å²) in [6.45, 7) is 6.28. The summed E-state index contributed by atoms with van der Waals surface area (Å²) >= 11 is 0. The molecular formula is C14H21FN2O. The second-order valence-corrected chi connectivity index (χ2v) is 5.02. The maximum atomic E-state index is 13.3. The van der Waals surface area contributed by atoms with Gasteiger partial charge in [-0.1, -0.05) is 12.1 Å². The third-order valence-corrected chi connectivity index (χ3v) is 3.35. The fraction of sp³-hybridized carbons (Fsp3) is 0.571. The third-order valence-electron chi connectivity index (χ3n) is 3.35. The predicted octanol–water partition coefficient (Wildman–Crippen LogP) is 1.93. The lowest BCUT2D eigenvalue weighted by atomic mass is 10.0. The molecule has 1 aromatic carbocycles. The molecule has 3 nitrogen and oxygen atoms in total. The largest absolute Gasteiger partial charge is 0.373 e. The topological polar surface area (TPSA) is 38.5 Å². The Balaban J connectivity index is 2.17. The number of rotatable bonds is 3. The van der Waals surface area contributed by atoms with Gasteiger partial charge in [0, 0.05) is 25.7 Å². The van der Waals surface area contributed by atoms with Crippen molar-refractivity contribution in [2.75, 3.05) is 19.6 Å². The quantitative estimate of drug-likeness (QED) is 0.893. The van der Waals surface area contributed by atoms with Gasteiger partial charge < -0.3 is 10.5 Å². The van der Waals surface area contributed by atoms with Crippen LogP contribution in [-0.4, -0.2) is 36.7 Å². The van der Waals surface area contributed by atoms with Crippen LogP contribution in [0, 0.1) is 5.82 Å². The van der Waals surface area contributed by atoms with E-state index in [0.29, 0.717) is 6.54 Å². The first-order valence-corrected chi connectivity index (χ1v) is 6.45. The van der Waals surface area contributed by atoms with E-state index in [9.17, 15) is 4.39 Å². The molecule has 0 radical (unpaired) electrons. The molecule has 1 saturated heterocycles. The average molecular weight is 252 g/mol. The van der Waals surface area contributed by atoms with E-state index in [1.807, 2.05) is 6.07 Å². The molecular weight excluding hydrogens is 231 g/mol. The van der Waals surface area contributed by atoms with Crippen LogP contribution in [0.4, 0.5) is 4.39 Å². The summed E-state index contributed by atoms with van der Waals surface area (Å²) in [6.07, 6.45) is 0.382. The van der Waals surface area contributed by atoms with Gasteiger partial charge in [-0.05, 0) is 31.5 Å². The van der Waals surface area contributed by atoms with Crippen molar-refractivity contribution < 1.29 is 9.13 Å². The van der Waals surface area contributed by atoms with Gasteiger partial charge in [-0.3, -0.25) is 4.90 Å². The van der Waals surface area contributed by atoms with Gasteiger partial charge in [-0.25, -0.2) is 4.39 Å². The van der Waals surface area contributed by atoms with Crippen molar-refractivity contribution in [1.82, 2.24) is 4.90 Å². The van der Waals surface area contributed by atoms with Crippen molar-refractivity contribution in [2.45, 2.75) is 32.1 Å². The summed E-state index contributed by atoms with van der Waals surface area (Å²) in [5.41, 5.74) is 6.82. The third kappa shape index (κ3) is 3.07. The van der Waals surface area contributed by atoms with E-state index >= 15 is 0 Å². The van der Waals surface area contributed by atoms with Gasteiger partial charge in [-0.15, -0.1) is 0 Å². The second-order valence-electron chi connectivity index (χ2n) is 5.02. The van der Waals surface area contributed by atoms with Gasteiger partial charge >= 0.3 is 0 Å². The van der Waals surface area contributed by atoms with Gasteiger partial charge in [0.2, 0.25) is 0 Å². The summed E-state index contributed by atoms with van der Waals surface area (Å²) in [5.74, 6) is -0.208. The van der Waals surface area contributed by atoms with Gasteiger partial charge in [0.15, 0.2) is 0 Å². The lowest BCUT2D eigenvalue weighted by Gasteiger charge is -2.40. The molecule has 1 unspecified atom stereocenters. The van der Waals surface area contributed by atoms with E-state index in [1.165, 1.54) is 6.07 Å². The Morgan fingerprint density at radius 1 is 1.39 bits per heavy atom. The number of benzene rings is 1. The Bertz CT molecular complexity index is 389. The SMILES string of the molecule is C[C@@H]1CN(C(CN)c2cccc(F)c2)C[C@H](C)O1. The Kier molecular flexibility index (Phi) is 4.32. The van der Waals surface area contributed by atoms with Crippen LogP contribution in [-0.2, 0) is 4.74 Å². The smallest absolute Gasteiger partial charge is 0.123 e. The highest BCUT2D eigenvalue weighted by Gasteiger charge is 2.28. The molecule has 2 N–H and O–H groups in total. The van der Waals surface area contributed by atoms with Crippen LogP contribution in [0.2, 0.25) is 0 Å². The molecule has 0 bridgehead atoms. The average Bonchev–Trinajstić information content (AvgIpc) is 2.28. The molecule has 1 fully saturated rings.